The van der Waals surface area contributed by atoms with Crippen LogP contribution in [0.2, 0.25) is 0 Å². The van der Waals surface area contributed by atoms with Crippen molar-refractivity contribution in [3.8, 4) is 0 Å². The number of anilines is 1. The molecule has 0 saturated carbocycles. The standard InChI is InChI=1S/C12H14BrN/c13-11-7-3-1-5-9(7)12(14)10-6-2-4-8(10)11/h1-6,14H2. The van der Waals surface area contributed by atoms with Gasteiger partial charge in [0.15, 0.2) is 0 Å². The smallest absolute Gasteiger partial charge is 0.0385 e. The fraction of sp³-hybridized carbons (Fsp3) is 0.500. The zero-order valence-corrected chi connectivity index (χ0v) is 9.78. The number of halogens is 1. The van der Waals surface area contributed by atoms with Gasteiger partial charge in [0.2, 0.25) is 0 Å². The predicted molar refractivity (Wildman–Crippen MR) is 62.6 cm³/mol. The first-order chi connectivity index (χ1) is 6.79. The van der Waals surface area contributed by atoms with E-state index >= 15 is 0 Å². The lowest BCUT2D eigenvalue weighted by molar-refractivity contribution is 0.896. The van der Waals surface area contributed by atoms with Gasteiger partial charge < -0.3 is 5.73 Å². The van der Waals surface area contributed by atoms with E-state index in [9.17, 15) is 0 Å². The van der Waals surface area contributed by atoms with Crippen LogP contribution in [0, 0.1) is 0 Å². The van der Waals surface area contributed by atoms with Crippen molar-refractivity contribution in [3.05, 3.63) is 26.7 Å². The molecule has 1 aromatic rings. The summed E-state index contributed by atoms with van der Waals surface area (Å²) in [5.74, 6) is 0. The fourth-order valence-corrected chi connectivity index (χ4v) is 3.81. The lowest BCUT2D eigenvalue weighted by Crippen LogP contribution is -2.01. The normalized spacial score (nSPS) is 18.4. The lowest BCUT2D eigenvalue weighted by atomic mass is 9.99. The summed E-state index contributed by atoms with van der Waals surface area (Å²) in [6.07, 6.45) is 7.36. The molecule has 2 aliphatic rings. The highest BCUT2D eigenvalue weighted by molar-refractivity contribution is 9.10. The minimum Gasteiger partial charge on any atom is -0.398 e. The van der Waals surface area contributed by atoms with Gasteiger partial charge in [-0.15, -0.1) is 0 Å². The molecule has 0 saturated heterocycles. The van der Waals surface area contributed by atoms with Gasteiger partial charge in [-0.1, -0.05) is 15.9 Å². The number of hydrogen-bond acceptors (Lipinski definition) is 1. The third-order valence-corrected chi connectivity index (χ3v) is 4.57. The molecule has 2 N–H and O–H groups in total. The SMILES string of the molecule is Nc1c2c(c(Br)c3c1CCC3)CCC2. The molecule has 0 unspecified atom stereocenters. The summed E-state index contributed by atoms with van der Waals surface area (Å²) in [5.41, 5.74) is 13.2. The highest BCUT2D eigenvalue weighted by Crippen LogP contribution is 2.42. The molecule has 0 heterocycles. The topological polar surface area (TPSA) is 26.0 Å². The first kappa shape index (κ1) is 8.78. The highest BCUT2D eigenvalue weighted by atomic mass is 79.9. The summed E-state index contributed by atoms with van der Waals surface area (Å²) >= 11 is 3.76. The van der Waals surface area contributed by atoms with Crippen LogP contribution in [0.1, 0.15) is 35.1 Å². The molecule has 0 amide bonds. The van der Waals surface area contributed by atoms with Gasteiger partial charge in [0.1, 0.15) is 0 Å². The molecule has 14 heavy (non-hydrogen) atoms. The number of rotatable bonds is 0. The summed E-state index contributed by atoms with van der Waals surface area (Å²) in [5, 5.41) is 0. The van der Waals surface area contributed by atoms with Crippen LogP contribution in [0.3, 0.4) is 0 Å². The van der Waals surface area contributed by atoms with Crippen molar-refractivity contribution in [1.82, 2.24) is 0 Å². The average Bonchev–Trinajstić information content (AvgIpc) is 2.82. The predicted octanol–water partition coefficient (Wildman–Crippen LogP) is 3.01. The number of nitrogen functional groups attached to an aromatic ring is 1. The maximum absolute atomic E-state index is 6.23. The molecule has 2 heteroatoms. The summed E-state index contributed by atoms with van der Waals surface area (Å²) in [6.45, 7) is 0. The minimum atomic E-state index is 1.12. The Bertz CT molecular complexity index is 337. The lowest BCUT2D eigenvalue weighted by Gasteiger charge is -2.13. The zero-order valence-electron chi connectivity index (χ0n) is 8.20. The van der Waals surface area contributed by atoms with E-state index in [1.165, 1.54) is 65.3 Å². The summed E-state index contributed by atoms with van der Waals surface area (Å²) in [4.78, 5) is 0. The molecule has 3 rings (SSSR count). The molecule has 0 fully saturated rings. The third-order valence-electron chi connectivity index (χ3n) is 3.62. The molecule has 1 aromatic carbocycles. The van der Waals surface area contributed by atoms with Crippen molar-refractivity contribution in [1.29, 1.82) is 0 Å². The third kappa shape index (κ3) is 1.01. The Morgan fingerprint density at radius 3 is 1.71 bits per heavy atom. The quantitative estimate of drug-likeness (QED) is 0.706. The molecule has 0 aliphatic heterocycles. The second-order valence-corrected chi connectivity index (χ2v) is 5.14. The van der Waals surface area contributed by atoms with Gasteiger partial charge in [0.25, 0.3) is 0 Å². The Morgan fingerprint density at radius 1 is 0.786 bits per heavy atom. The summed E-state index contributed by atoms with van der Waals surface area (Å²) in [6, 6.07) is 0. The molecule has 0 radical (unpaired) electrons. The second-order valence-electron chi connectivity index (χ2n) is 4.35. The van der Waals surface area contributed by atoms with E-state index in [4.69, 9.17) is 5.73 Å². The van der Waals surface area contributed by atoms with Crippen LogP contribution in [0.25, 0.3) is 0 Å². The van der Waals surface area contributed by atoms with Gasteiger partial charge in [0, 0.05) is 10.2 Å². The van der Waals surface area contributed by atoms with E-state index in [0.29, 0.717) is 0 Å². The zero-order chi connectivity index (χ0) is 9.71. The minimum absolute atomic E-state index is 1.12. The van der Waals surface area contributed by atoms with E-state index in [-0.39, 0.29) is 0 Å². The number of fused-ring (bicyclic) bond motifs is 2. The fourth-order valence-electron chi connectivity index (χ4n) is 2.93. The van der Waals surface area contributed by atoms with Gasteiger partial charge in [-0.3, -0.25) is 0 Å². The first-order valence-corrected chi connectivity index (χ1v) is 6.18. The summed E-state index contributed by atoms with van der Waals surface area (Å²) in [7, 11) is 0. The summed E-state index contributed by atoms with van der Waals surface area (Å²) < 4.78 is 1.38. The number of hydrogen-bond donors (Lipinski definition) is 1. The van der Waals surface area contributed by atoms with Gasteiger partial charge >= 0.3 is 0 Å². The molecular formula is C12H14BrN. The van der Waals surface area contributed by atoms with Crippen LogP contribution in [-0.2, 0) is 25.7 Å². The van der Waals surface area contributed by atoms with E-state index in [1.807, 2.05) is 0 Å². The van der Waals surface area contributed by atoms with Crippen molar-refractivity contribution in [2.75, 3.05) is 5.73 Å². The molecule has 0 spiro atoms. The second kappa shape index (κ2) is 2.99. The number of benzene rings is 1. The average molecular weight is 252 g/mol. The monoisotopic (exact) mass is 251 g/mol. The Kier molecular flexibility index (Phi) is 1.88. The molecule has 2 aliphatic carbocycles. The van der Waals surface area contributed by atoms with Gasteiger partial charge in [-0.05, 0) is 60.8 Å². The van der Waals surface area contributed by atoms with Crippen molar-refractivity contribution in [2.45, 2.75) is 38.5 Å². The highest BCUT2D eigenvalue weighted by Gasteiger charge is 2.25. The Labute approximate surface area is 92.8 Å². The van der Waals surface area contributed by atoms with E-state index in [1.54, 1.807) is 0 Å². The van der Waals surface area contributed by atoms with Crippen molar-refractivity contribution >= 4 is 21.6 Å². The Balaban J connectivity index is 2.33. The van der Waals surface area contributed by atoms with Gasteiger partial charge in [-0.2, -0.15) is 0 Å². The maximum atomic E-state index is 6.23. The molecule has 1 nitrogen and oxygen atoms in total. The van der Waals surface area contributed by atoms with E-state index in [0.717, 1.165) is 5.69 Å². The van der Waals surface area contributed by atoms with Gasteiger partial charge in [-0.25, -0.2) is 0 Å². The van der Waals surface area contributed by atoms with Crippen LogP contribution in [0.15, 0.2) is 4.47 Å². The van der Waals surface area contributed by atoms with E-state index in [2.05, 4.69) is 15.9 Å². The molecule has 74 valence electrons. The van der Waals surface area contributed by atoms with Crippen LogP contribution in [0.5, 0.6) is 0 Å². The molecule has 0 aromatic heterocycles. The molecule has 0 atom stereocenters. The van der Waals surface area contributed by atoms with Crippen LogP contribution >= 0.6 is 15.9 Å². The van der Waals surface area contributed by atoms with E-state index < -0.39 is 0 Å². The maximum Gasteiger partial charge on any atom is 0.0385 e. The Hall–Kier alpha value is -0.500. The molecule has 0 bridgehead atoms. The van der Waals surface area contributed by atoms with Gasteiger partial charge in [0.05, 0.1) is 0 Å². The van der Waals surface area contributed by atoms with Crippen molar-refractivity contribution in [3.63, 3.8) is 0 Å². The van der Waals surface area contributed by atoms with Crippen molar-refractivity contribution < 1.29 is 0 Å². The molecular weight excluding hydrogens is 238 g/mol. The number of nitrogens with two attached hydrogens (primary N) is 1. The largest absolute Gasteiger partial charge is 0.398 e. The van der Waals surface area contributed by atoms with Crippen LogP contribution in [0.4, 0.5) is 5.69 Å². The van der Waals surface area contributed by atoms with Crippen molar-refractivity contribution in [2.24, 2.45) is 0 Å². The van der Waals surface area contributed by atoms with Crippen LogP contribution < -0.4 is 5.73 Å². The van der Waals surface area contributed by atoms with Crippen LogP contribution in [-0.4, -0.2) is 0 Å². The Morgan fingerprint density at radius 2 is 1.21 bits per heavy atom. The first-order valence-electron chi connectivity index (χ1n) is 5.39.